The van der Waals surface area contributed by atoms with E-state index in [1.165, 1.54) is 0 Å². The molecule has 19 heavy (non-hydrogen) atoms. The van der Waals surface area contributed by atoms with Gasteiger partial charge in [-0.25, -0.2) is 0 Å². The summed E-state index contributed by atoms with van der Waals surface area (Å²) in [6.45, 7) is 1.94. The van der Waals surface area contributed by atoms with E-state index in [0.29, 0.717) is 12.0 Å². The van der Waals surface area contributed by atoms with Gasteiger partial charge in [-0.1, -0.05) is 12.1 Å². The lowest BCUT2D eigenvalue weighted by Crippen LogP contribution is -2.33. The van der Waals surface area contributed by atoms with Crippen molar-refractivity contribution in [3.05, 3.63) is 48.4 Å². The first kappa shape index (κ1) is 13.4. The molecule has 1 unspecified atom stereocenters. The van der Waals surface area contributed by atoms with Crippen LogP contribution in [-0.2, 0) is 0 Å². The van der Waals surface area contributed by atoms with Crippen molar-refractivity contribution in [2.45, 2.75) is 19.4 Å². The summed E-state index contributed by atoms with van der Waals surface area (Å²) in [5, 5.41) is 11.7. The highest BCUT2D eigenvalue weighted by Crippen LogP contribution is 2.20. The predicted octanol–water partition coefficient (Wildman–Crippen LogP) is 2.45. The van der Waals surface area contributed by atoms with Gasteiger partial charge in [-0.3, -0.25) is 4.79 Å². The molecule has 0 saturated carbocycles. The van der Waals surface area contributed by atoms with Crippen LogP contribution in [0.2, 0.25) is 0 Å². The quantitative estimate of drug-likeness (QED) is 0.867. The van der Waals surface area contributed by atoms with Crippen LogP contribution in [0.25, 0.3) is 11.1 Å². The van der Waals surface area contributed by atoms with Crippen molar-refractivity contribution < 1.29 is 14.3 Å². The Bertz CT molecular complexity index is 534. The van der Waals surface area contributed by atoms with Crippen LogP contribution in [0.5, 0.6) is 0 Å². The highest BCUT2D eigenvalue weighted by Gasteiger charge is 2.10. The number of hydrogen-bond acceptors (Lipinski definition) is 3. The predicted molar refractivity (Wildman–Crippen MR) is 72.8 cm³/mol. The van der Waals surface area contributed by atoms with Crippen LogP contribution in [0, 0.1) is 0 Å². The van der Waals surface area contributed by atoms with Crippen molar-refractivity contribution in [1.82, 2.24) is 5.32 Å². The number of carbonyl (C=O) groups is 1. The van der Waals surface area contributed by atoms with Gasteiger partial charge in [0.25, 0.3) is 5.91 Å². The van der Waals surface area contributed by atoms with E-state index in [2.05, 4.69) is 5.32 Å². The second-order valence-corrected chi connectivity index (χ2v) is 4.48. The molecule has 0 spiro atoms. The second kappa shape index (κ2) is 6.20. The Morgan fingerprint density at radius 2 is 2.21 bits per heavy atom. The maximum absolute atomic E-state index is 12.0. The molecule has 1 aromatic heterocycles. The van der Waals surface area contributed by atoms with E-state index < -0.39 is 0 Å². The van der Waals surface area contributed by atoms with Crippen LogP contribution < -0.4 is 5.32 Å². The molecule has 100 valence electrons. The molecule has 0 aliphatic rings. The zero-order chi connectivity index (χ0) is 13.7. The third-order valence-electron chi connectivity index (χ3n) is 2.92. The zero-order valence-electron chi connectivity index (χ0n) is 10.8. The number of nitrogens with one attached hydrogen (secondary N) is 1. The fourth-order valence-electron chi connectivity index (χ4n) is 1.84. The Labute approximate surface area is 112 Å². The van der Waals surface area contributed by atoms with E-state index in [-0.39, 0.29) is 18.6 Å². The molecule has 1 amide bonds. The SMILES string of the molecule is CC(CCO)NC(=O)c1cccc(-c2ccoc2)c1. The molecule has 1 atom stereocenters. The number of amides is 1. The smallest absolute Gasteiger partial charge is 0.251 e. The maximum atomic E-state index is 12.0. The molecule has 2 aromatic rings. The number of benzene rings is 1. The largest absolute Gasteiger partial charge is 0.472 e. The molecule has 1 aromatic carbocycles. The number of aliphatic hydroxyl groups is 1. The lowest BCUT2D eigenvalue weighted by molar-refractivity contribution is 0.0934. The average molecular weight is 259 g/mol. The first-order valence-corrected chi connectivity index (χ1v) is 6.25. The first-order valence-electron chi connectivity index (χ1n) is 6.25. The van der Waals surface area contributed by atoms with Gasteiger partial charge in [0, 0.05) is 23.8 Å². The van der Waals surface area contributed by atoms with Gasteiger partial charge in [-0.2, -0.15) is 0 Å². The van der Waals surface area contributed by atoms with E-state index in [1.54, 1.807) is 18.6 Å². The summed E-state index contributed by atoms with van der Waals surface area (Å²) >= 11 is 0. The van der Waals surface area contributed by atoms with E-state index in [9.17, 15) is 4.79 Å². The number of furan rings is 1. The summed E-state index contributed by atoms with van der Waals surface area (Å²) in [4.78, 5) is 12.0. The summed E-state index contributed by atoms with van der Waals surface area (Å²) in [5.41, 5.74) is 2.48. The third-order valence-corrected chi connectivity index (χ3v) is 2.92. The molecule has 1 heterocycles. The van der Waals surface area contributed by atoms with E-state index in [0.717, 1.165) is 11.1 Å². The van der Waals surface area contributed by atoms with Crippen LogP contribution in [0.4, 0.5) is 0 Å². The molecule has 0 saturated heterocycles. The average Bonchev–Trinajstić information content (AvgIpc) is 2.93. The second-order valence-electron chi connectivity index (χ2n) is 4.48. The summed E-state index contributed by atoms with van der Waals surface area (Å²) in [6.07, 6.45) is 3.80. The van der Waals surface area contributed by atoms with Crippen LogP contribution in [0.15, 0.2) is 47.3 Å². The molecule has 0 aliphatic heterocycles. The number of hydrogen-bond donors (Lipinski definition) is 2. The molecule has 2 N–H and O–H groups in total. The molecule has 4 nitrogen and oxygen atoms in total. The van der Waals surface area contributed by atoms with Gasteiger partial charge in [0.1, 0.15) is 0 Å². The summed E-state index contributed by atoms with van der Waals surface area (Å²) in [6, 6.07) is 9.17. The minimum Gasteiger partial charge on any atom is -0.472 e. The van der Waals surface area contributed by atoms with Crippen LogP contribution >= 0.6 is 0 Å². The van der Waals surface area contributed by atoms with Crippen LogP contribution in [0.3, 0.4) is 0 Å². The normalized spacial score (nSPS) is 12.1. The molecular formula is C15H17NO3. The van der Waals surface area contributed by atoms with Gasteiger partial charge >= 0.3 is 0 Å². The van der Waals surface area contributed by atoms with Gasteiger partial charge in [0.2, 0.25) is 0 Å². The standard InChI is InChI=1S/C15H17NO3/c1-11(5-7-17)16-15(18)13-4-2-3-12(9-13)14-6-8-19-10-14/h2-4,6,8-11,17H,5,7H2,1H3,(H,16,18). The Morgan fingerprint density at radius 3 is 2.89 bits per heavy atom. The van der Waals surface area contributed by atoms with E-state index >= 15 is 0 Å². The van der Waals surface area contributed by atoms with Crippen LogP contribution in [-0.4, -0.2) is 23.7 Å². The van der Waals surface area contributed by atoms with Crippen molar-refractivity contribution in [1.29, 1.82) is 0 Å². The third kappa shape index (κ3) is 3.45. The van der Waals surface area contributed by atoms with Crippen molar-refractivity contribution in [3.8, 4) is 11.1 Å². The molecule has 0 radical (unpaired) electrons. The topological polar surface area (TPSA) is 62.5 Å². The van der Waals surface area contributed by atoms with Gasteiger partial charge < -0.3 is 14.8 Å². The fourth-order valence-corrected chi connectivity index (χ4v) is 1.84. The van der Waals surface area contributed by atoms with Crippen molar-refractivity contribution in [2.24, 2.45) is 0 Å². The Morgan fingerprint density at radius 1 is 1.37 bits per heavy atom. The zero-order valence-corrected chi connectivity index (χ0v) is 10.8. The van der Waals surface area contributed by atoms with Crippen LogP contribution in [0.1, 0.15) is 23.7 Å². The minimum absolute atomic E-state index is 0.0462. The molecule has 2 rings (SSSR count). The van der Waals surface area contributed by atoms with E-state index in [1.807, 2.05) is 31.2 Å². The molecule has 4 heteroatoms. The van der Waals surface area contributed by atoms with Gasteiger partial charge in [0.15, 0.2) is 0 Å². The number of aliphatic hydroxyl groups excluding tert-OH is 1. The Kier molecular flexibility index (Phi) is 4.36. The highest BCUT2D eigenvalue weighted by molar-refractivity contribution is 5.95. The fraction of sp³-hybridized carbons (Fsp3) is 0.267. The molecule has 0 aliphatic carbocycles. The lowest BCUT2D eigenvalue weighted by Gasteiger charge is -2.12. The summed E-state index contributed by atoms with van der Waals surface area (Å²) in [7, 11) is 0. The van der Waals surface area contributed by atoms with E-state index in [4.69, 9.17) is 9.52 Å². The minimum atomic E-state index is -0.133. The van der Waals surface area contributed by atoms with Gasteiger partial charge in [-0.15, -0.1) is 0 Å². The van der Waals surface area contributed by atoms with Crippen molar-refractivity contribution in [3.63, 3.8) is 0 Å². The molecule has 0 bridgehead atoms. The summed E-state index contributed by atoms with van der Waals surface area (Å²) < 4.78 is 5.04. The first-order chi connectivity index (χ1) is 9.20. The summed E-state index contributed by atoms with van der Waals surface area (Å²) in [5.74, 6) is -0.133. The maximum Gasteiger partial charge on any atom is 0.251 e. The van der Waals surface area contributed by atoms with Crippen molar-refractivity contribution in [2.75, 3.05) is 6.61 Å². The van der Waals surface area contributed by atoms with Crippen molar-refractivity contribution >= 4 is 5.91 Å². The monoisotopic (exact) mass is 259 g/mol. The van der Waals surface area contributed by atoms with Gasteiger partial charge in [0.05, 0.1) is 12.5 Å². The number of carbonyl (C=O) groups excluding carboxylic acids is 1. The number of rotatable bonds is 5. The lowest BCUT2D eigenvalue weighted by atomic mass is 10.1. The Balaban J connectivity index is 2.12. The Hall–Kier alpha value is -2.07. The molecule has 0 fully saturated rings. The highest BCUT2D eigenvalue weighted by atomic mass is 16.3. The molecular weight excluding hydrogens is 242 g/mol. The van der Waals surface area contributed by atoms with Gasteiger partial charge in [-0.05, 0) is 37.1 Å².